The van der Waals surface area contributed by atoms with Crippen LogP contribution in [0.25, 0.3) is 0 Å². The molecule has 0 saturated heterocycles. The van der Waals surface area contributed by atoms with Crippen molar-refractivity contribution in [1.29, 1.82) is 0 Å². The van der Waals surface area contributed by atoms with Gasteiger partial charge in [-0.1, -0.05) is 6.07 Å². The molecule has 126 valence electrons. The van der Waals surface area contributed by atoms with E-state index in [0.29, 0.717) is 16.7 Å². The summed E-state index contributed by atoms with van der Waals surface area (Å²) in [4.78, 5) is 48.6. The number of fused-ring (bicyclic) bond motifs is 1. The highest BCUT2D eigenvalue weighted by Gasteiger charge is 2.35. The minimum atomic E-state index is -0.776. The average Bonchev–Trinajstić information content (AvgIpc) is 2.84. The number of Topliss-reactive ketones (excluding diaryl/α,β-unsaturated/α-hetero) is 2. The first-order valence-electron chi connectivity index (χ1n) is 7.33. The number of hydrogen-bond acceptors (Lipinski definition) is 6. The summed E-state index contributed by atoms with van der Waals surface area (Å²) in [7, 11) is -0.745. The van der Waals surface area contributed by atoms with Crippen molar-refractivity contribution in [2.45, 2.75) is 39.3 Å². The fraction of sp³-hybridized carbons (Fsp3) is 0.375. The number of hydrogen-bond donors (Lipinski definition) is 0. The molecule has 2 rings (SSSR count). The Labute approximate surface area is 140 Å². The van der Waals surface area contributed by atoms with Crippen molar-refractivity contribution in [3.63, 3.8) is 0 Å². The zero-order chi connectivity index (χ0) is 17.9. The second-order valence-corrected chi connectivity index (χ2v) is 5.90. The SMILES string of the molecule is CC(=O)c1ccc2c(c1)CN(C(CCC(=O)OP=O)C(C)=O)C2=O. The predicted octanol–water partition coefficient (Wildman–Crippen LogP) is 2.33. The standard InChI is InChI=1S/C16H16NO6P/c1-9(18)11-3-4-13-12(7-11)8-17(16(13)21)14(10(2)19)5-6-15(20)23-24-22/h3-4,7,14H,5-6,8H2,1-2H3. The summed E-state index contributed by atoms with van der Waals surface area (Å²) in [6.07, 6.45) is -0.0404. The second kappa shape index (κ2) is 7.45. The lowest BCUT2D eigenvalue weighted by Gasteiger charge is -2.25. The van der Waals surface area contributed by atoms with Crippen LogP contribution in [0, 0.1) is 0 Å². The molecule has 1 aliphatic rings. The molecule has 1 aromatic rings. The highest BCUT2D eigenvalue weighted by molar-refractivity contribution is 7.18. The average molecular weight is 349 g/mol. The smallest absolute Gasteiger partial charge is 0.373 e. The van der Waals surface area contributed by atoms with Gasteiger partial charge < -0.3 is 9.42 Å². The Balaban J connectivity index is 2.19. The molecule has 1 aliphatic heterocycles. The Morgan fingerprint density at radius 1 is 1.29 bits per heavy atom. The maximum Gasteiger partial charge on any atom is 0.398 e. The molecule has 0 aromatic heterocycles. The Kier molecular flexibility index (Phi) is 5.57. The molecule has 7 nitrogen and oxygen atoms in total. The van der Waals surface area contributed by atoms with Gasteiger partial charge in [-0.25, -0.2) is 4.57 Å². The van der Waals surface area contributed by atoms with Gasteiger partial charge in [0.25, 0.3) is 5.91 Å². The lowest BCUT2D eigenvalue weighted by Crippen LogP contribution is -2.40. The first-order chi connectivity index (χ1) is 11.3. The highest BCUT2D eigenvalue weighted by Crippen LogP contribution is 2.27. The fourth-order valence-corrected chi connectivity index (χ4v) is 2.91. The molecule has 24 heavy (non-hydrogen) atoms. The molecule has 0 aliphatic carbocycles. The van der Waals surface area contributed by atoms with Gasteiger partial charge in [0.05, 0.1) is 6.04 Å². The van der Waals surface area contributed by atoms with E-state index in [1.54, 1.807) is 18.2 Å². The first-order valence-corrected chi connectivity index (χ1v) is 8.06. The molecule has 0 fully saturated rings. The summed E-state index contributed by atoms with van der Waals surface area (Å²) in [5.74, 6) is -1.38. The monoisotopic (exact) mass is 349 g/mol. The van der Waals surface area contributed by atoms with Crippen LogP contribution in [0.15, 0.2) is 18.2 Å². The van der Waals surface area contributed by atoms with Crippen molar-refractivity contribution in [3.05, 3.63) is 34.9 Å². The van der Waals surface area contributed by atoms with Crippen LogP contribution in [0.2, 0.25) is 0 Å². The molecule has 1 atom stereocenters. The predicted molar refractivity (Wildman–Crippen MR) is 83.7 cm³/mol. The molecule has 0 N–H and O–H groups in total. The zero-order valence-corrected chi connectivity index (χ0v) is 14.2. The topological polar surface area (TPSA) is 97.8 Å². The van der Waals surface area contributed by atoms with E-state index in [1.165, 1.54) is 18.7 Å². The third-order valence-corrected chi connectivity index (χ3v) is 4.23. The highest BCUT2D eigenvalue weighted by atomic mass is 31.1. The van der Waals surface area contributed by atoms with Gasteiger partial charge in [-0.2, -0.15) is 0 Å². The maximum absolute atomic E-state index is 12.5. The van der Waals surface area contributed by atoms with Crippen molar-refractivity contribution in [1.82, 2.24) is 4.90 Å². The summed E-state index contributed by atoms with van der Waals surface area (Å²) in [5, 5.41) is 0. The summed E-state index contributed by atoms with van der Waals surface area (Å²) in [5.41, 5.74) is 1.63. The number of amides is 1. The second-order valence-electron chi connectivity index (χ2n) is 5.56. The van der Waals surface area contributed by atoms with Crippen LogP contribution in [-0.4, -0.2) is 34.4 Å². The van der Waals surface area contributed by atoms with Crippen molar-refractivity contribution in [2.24, 2.45) is 0 Å². The van der Waals surface area contributed by atoms with Gasteiger partial charge >= 0.3 is 14.7 Å². The molecule has 1 unspecified atom stereocenters. The van der Waals surface area contributed by atoms with Gasteiger partial charge in [-0.05, 0) is 38.0 Å². The quantitative estimate of drug-likeness (QED) is 0.553. The van der Waals surface area contributed by atoms with Gasteiger partial charge in [0.15, 0.2) is 11.6 Å². The minimum Gasteiger partial charge on any atom is -0.373 e. The van der Waals surface area contributed by atoms with Crippen LogP contribution in [0.1, 0.15) is 53.0 Å². The molecule has 0 bridgehead atoms. The van der Waals surface area contributed by atoms with Gasteiger partial charge in [-0.3, -0.25) is 19.2 Å². The number of carbonyl (C=O) groups is 4. The molecular weight excluding hydrogens is 333 g/mol. The van der Waals surface area contributed by atoms with Crippen LogP contribution < -0.4 is 0 Å². The lowest BCUT2D eigenvalue weighted by atomic mass is 10.0. The zero-order valence-electron chi connectivity index (χ0n) is 13.3. The number of nitrogens with zero attached hydrogens (tertiary/aromatic N) is 1. The van der Waals surface area contributed by atoms with Crippen LogP contribution >= 0.6 is 8.69 Å². The molecule has 0 radical (unpaired) electrons. The van der Waals surface area contributed by atoms with E-state index >= 15 is 0 Å². The van der Waals surface area contributed by atoms with Gasteiger partial charge in [0.1, 0.15) is 0 Å². The Hall–Kier alpha value is -2.40. The fourth-order valence-electron chi connectivity index (χ4n) is 2.73. The number of ketones is 2. The normalized spacial score (nSPS) is 14.4. The Morgan fingerprint density at radius 3 is 2.58 bits per heavy atom. The molecule has 0 saturated carbocycles. The van der Waals surface area contributed by atoms with Crippen LogP contribution in [0.5, 0.6) is 0 Å². The first kappa shape index (κ1) is 17.9. The Morgan fingerprint density at radius 2 is 2.00 bits per heavy atom. The van der Waals surface area contributed by atoms with E-state index in [1.807, 2.05) is 0 Å². The third kappa shape index (κ3) is 3.74. The van der Waals surface area contributed by atoms with Gasteiger partial charge in [0.2, 0.25) is 0 Å². The number of rotatable bonds is 7. The molecule has 0 spiro atoms. The minimum absolute atomic E-state index is 0.0863. The summed E-state index contributed by atoms with van der Waals surface area (Å²) >= 11 is 0. The van der Waals surface area contributed by atoms with Crippen molar-refractivity contribution in [3.8, 4) is 0 Å². The summed E-state index contributed by atoms with van der Waals surface area (Å²) in [6, 6.07) is 4.03. The van der Waals surface area contributed by atoms with E-state index in [-0.39, 0.29) is 36.9 Å². The number of carbonyl (C=O) groups excluding carboxylic acids is 4. The van der Waals surface area contributed by atoms with Crippen molar-refractivity contribution < 1.29 is 28.3 Å². The van der Waals surface area contributed by atoms with Crippen LogP contribution in [-0.2, 0) is 25.2 Å². The van der Waals surface area contributed by atoms with Crippen molar-refractivity contribution >= 4 is 32.1 Å². The van der Waals surface area contributed by atoms with Crippen molar-refractivity contribution in [2.75, 3.05) is 0 Å². The van der Waals surface area contributed by atoms with E-state index in [0.717, 1.165) is 0 Å². The van der Waals surface area contributed by atoms with E-state index in [9.17, 15) is 23.7 Å². The van der Waals surface area contributed by atoms with E-state index < -0.39 is 20.7 Å². The number of benzene rings is 1. The largest absolute Gasteiger partial charge is 0.398 e. The van der Waals surface area contributed by atoms with Crippen LogP contribution in [0.3, 0.4) is 0 Å². The van der Waals surface area contributed by atoms with Crippen LogP contribution in [0.4, 0.5) is 0 Å². The van der Waals surface area contributed by atoms with Gasteiger partial charge in [0, 0.05) is 24.1 Å². The summed E-state index contributed by atoms with van der Waals surface area (Å²) in [6.45, 7) is 2.99. The summed E-state index contributed by atoms with van der Waals surface area (Å²) < 4.78 is 14.5. The maximum atomic E-state index is 12.5. The molecular formula is C16H16NO6P. The van der Waals surface area contributed by atoms with Gasteiger partial charge in [-0.15, -0.1) is 0 Å². The molecule has 1 aromatic carbocycles. The molecule has 8 heteroatoms. The van der Waals surface area contributed by atoms with E-state index in [4.69, 9.17) is 0 Å². The van der Waals surface area contributed by atoms with E-state index in [2.05, 4.69) is 4.52 Å². The molecule has 1 amide bonds. The molecule has 1 heterocycles. The lowest BCUT2D eigenvalue weighted by molar-refractivity contribution is -0.134. The third-order valence-electron chi connectivity index (χ3n) is 3.95. The Bertz CT molecular complexity index is 729.